The third-order valence-electron chi connectivity index (χ3n) is 5.71. The molecule has 2 amide bonds. The van der Waals surface area contributed by atoms with Gasteiger partial charge < -0.3 is 15.0 Å². The van der Waals surface area contributed by atoms with E-state index in [1.54, 1.807) is 40.6 Å². The van der Waals surface area contributed by atoms with E-state index in [1.165, 1.54) is 0 Å². The molecule has 0 spiro atoms. The molecular weight excluding hydrogens is 448 g/mol. The van der Waals surface area contributed by atoms with Gasteiger partial charge in [0, 0.05) is 46.8 Å². The number of hydrogen-bond acceptors (Lipinski definition) is 5. The average Bonchev–Trinajstić information content (AvgIpc) is 3.49. The standard InChI is InChI=1S/C23H21ClN4O3S/c1-31-18-7-3-5-16(10-18)27-11-14(8-21(27)29)23(30)25-22-19-12-32-13-20(19)26-28(22)17-6-2-4-15(24)9-17/h2-7,9-10,14H,8,11-13H2,1H3,(H,25,30). The van der Waals surface area contributed by atoms with Crippen molar-refractivity contribution in [3.8, 4) is 11.4 Å². The SMILES string of the molecule is COc1cccc(N2CC(C(=O)Nc3c4c(nn3-c3cccc(Cl)c3)CSC4)CC2=O)c1. The Bertz CT molecular complexity index is 1210. The van der Waals surface area contributed by atoms with E-state index in [9.17, 15) is 9.59 Å². The zero-order valence-corrected chi connectivity index (χ0v) is 18.9. The van der Waals surface area contributed by atoms with Gasteiger partial charge in [0.05, 0.1) is 24.4 Å². The number of amides is 2. The molecule has 164 valence electrons. The van der Waals surface area contributed by atoms with Gasteiger partial charge in [-0.2, -0.15) is 16.9 Å². The molecule has 3 aromatic rings. The summed E-state index contributed by atoms with van der Waals surface area (Å²) in [6.45, 7) is 0.320. The van der Waals surface area contributed by atoms with Crippen LogP contribution < -0.4 is 15.0 Å². The van der Waals surface area contributed by atoms with Crippen molar-refractivity contribution in [1.82, 2.24) is 9.78 Å². The first-order valence-corrected chi connectivity index (χ1v) is 11.8. The largest absolute Gasteiger partial charge is 0.497 e. The molecule has 0 saturated carbocycles. The van der Waals surface area contributed by atoms with Crippen molar-refractivity contribution in [2.24, 2.45) is 5.92 Å². The van der Waals surface area contributed by atoms with E-state index in [-0.39, 0.29) is 18.2 Å². The molecule has 3 heterocycles. The molecule has 32 heavy (non-hydrogen) atoms. The van der Waals surface area contributed by atoms with Gasteiger partial charge in [-0.15, -0.1) is 0 Å². The Balaban J connectivity index is 1.39. The number of nitrogens with one attached hydrogen (secondary N) is 1. The van der Waals surface area contributed by atoms with Crippen LogP contribution in [0.1, 0.15) is 17.7 Å². The summed E-state index contributed by atoms with van der Waals surface area (Å²) in [6.07, 6.45) is 0.158. The fourth-order valence-electron chi connectivity index (χ4n) is 4.07. The predicted molar refractivity (Wildman–Crippen MR) is 126 cm³/mol. The van der Waals surface area contributed by atoms with Crippen LogP contribution in [0, 0.1) is 5.92 Å². The third kappa shape index (κ3) is 3.84. The normalized spacial score (nSPS) is 17.5. The van der Waals surface area contributed by atoms with Gasteiger partial charge in [0.25, 0.3) is 0 Å². The fraction of sp³-hybridized carbons (Fsp3) is 0.261. The Labute approximate surface area is 194 Å². The molecule has 2 aliphatic heterocycles. The van der Waals surface area contributed by atoms with Crippen LogP contribution in [0.3, 0.4) is 0 Å². The number of thioether (sulfide) groups is 1. The van der Waals surface area contributed by atoms with Gasteiger partial charge in [-0.25, -0.2) is 4.68 Å². The lowest BCUT2D eigenvalue weighted by atomic mass is 10.1. The highest BCUT2D eigenvalue weighted by Crippen LogP contribution is 2.37. The highest BCUT2D eigenvalue weighted by atomic mass is 35.5. The zero-order valence-electron chi connectivity index (χ0n) is 17.4. The number of hydrogen-bond donors (Lipinski definition) is 1. The molecule has 9 heteroatoms. The lowest BCUT2D eigenvalue weighted by Gasteiger charge is -2.18. The molecule has 0 aliphatic carbocycles. The first kappa shape index (κ1) is 20.9. The van der Waals surface area contributed by atoms with Crippen LogP contribution in [-0.2, 0) is 21.1 Å². The summed E-state index contributed by atoms with van der Waals surface area (Å²) in [5.74, 6) is 2.18. The van der Waals surface area contributed by atoms with Gasteiger partial charge in [-0.05, 0) is 30.3 Å². The molecule has 1 atom stereocenters. The first-order valence-electron chi connectivity index (χ1n) is 10.2. The molecule has 1 N–H and O–H groups in total. The fourth-order valence-corrected chi connectivity index (χ4v) is 5.29. The van der Waals surface area contributed by atoms with Gasteiger partial charge >= 0.3 is 0 Å². The van der Waals surface area contributed by atoms with Crippen molar-refractivity contribution in [1.29, 1.82) is 0 Å². The number of carbonyl (C=O) groups is 2. The third-order valence-corrected chi connectivity index (χ3v) is 6.91. The maximum atomic E-state index is 13.2. The van der Waals surface area contributed by atoms with E-state index in [4.69, 9.17) is 21.4 Å². The number of aromatic nitrogens is 2. The van der Waals surface area contributed by atoms with Gasteiger partial charge in [0.15, 0.2) is 0 Å². The highest BCUT2D eigenvalue weighted by molar-refractivity contribution is 7.98. The number of methoxy groups -OCH3 is 1. The monoisotopic (exact) mass is 468 g/mol. The van der Waals surface area contributed by atoms with E-state index in [1.807, 2.05) is 36.4 Å². The van der Waals surface area contributed by atoms with Crippen molar-refractivity contribution >= 4 is 46.7 Å². The van der Waals surface area contributed by atoms with Crippen molar-refractivity contribution in [3.63, 3.8) is 0 Å². The van der Waals surface area contributed by atoms with Crippen LogP contribution in [-0.4, -0.2) is 35.2 Å². The van der Waals surface area contributed by atoms with Crippen molar-refractivity contribution in [3.05, 3.63) is 64.8 Å². The topological polar surface area (TPSA) is 76.5 Å². The molecular formula is C23H21ClN4O3S. The van der Waals surface area contributed by atoms with Gasteiger partial charge in [-0.1, -0.05) is 23.7 Å². The Morgan fingerprint density at radius 2 is 2.00 bits per heavy atom. The summed E-state index contributed by atoms with van der Waals surface area (Å²) >= 11 is 7.94. The summed E-state index contributed by atoms with van der Waals surface area (Å²) in [7, 11) is 1.58. The van der Waals surface area contributed by atoms with Crippen LogP contribution in [0.2, 0.25) is 5.02 Å². The zero-order chi connectivity index (χ0) is 22.2. The Morgan fingerprint density at radius 1 is 1.19 bits per heavy atom. The lowest BCUT2D eigenvalue weighted by molar-refractivity contribution is -0.122. The molecule has 0 radical (unpaired) electrons. The molecule has 5 rings (SSSR count). The minimum Gasteiger partial charge on any atom is -0.497 e. The van der Waals surface area contributed by atoms with Gasteiger partial charge in [0.1, 0.15) is 11.6 Å². The van der Waals surface area contributed by atoms with Crippen molar-refractivity contribution in [2.75, 3.05) is 23.9 Å². The van der Waals surface area contributed by atoms with Crippen molar-refractivity contribution < 1.29 is 14.3 Å². The molecule has 2 aromatic carbocycles. The quantitative estimate of drug-likeness (QED) is 0.605. The second-order valence-electron chi connectivity index (χ2n) is 7.75. The Morgan fingerprint density at radius 3 is 2.81 bits per heavy atom. The Hall–Kier alpha value is -2.97. The smallest absolute Gasteiger partial charge is 0.230 e. The maximum absolute atomic E-state index is 13.2. The second kappa shape index (κ2) is 8.52. The number of fused-ring (bicyclic) bond motifs is 1. The van der Waals surface area contributed by atoms with E-state index < -0.39 is 5.92 Å². The first-order chi connectivity index (χ1) is 15.5. The number of ether oxygens (including phenoxy) is 1. The molecule has 1 aromatic heterocycles. The maximum Gasteiger partial charge on any atom is 0.230 e. The van der Waals surface area contributed by atoms with E-state index in [0.717, 1.165) is 34.1 Å². The van der Waals surface area contributed by atoms with E-state index in [2.05, 4.69) is 5.32 Å². The summed E-state index contributed by atoms with van der Waals surface area (Å²) in [5, 5.41) is 8.37. The van der Waals surface area contributed by atoms with E-state index in [0.29, 0.717) is 23.1 Å². The van der Waals surface area contributed by atoms with Crippen LogP contribution in [0.5, 0.6) is 5.75 Å². The average molecular weight is 469 g/mol. The summed E-state index contributed by atoms with van der Waals surface area (Å²) in [5.41, 5.74) is 3.50. The number of carbonyl (C=O) groups excluding carboxylic acids is 2. The molecule has 7 nitrogen and oxygen atoms in total. The number of benzene rings is 2. The number of halogens is 1. The van der Waals surface area contributed by atoms with Gasteiger partial charge in [-0.3, -0.25) is 9.59 Å². The van der Waals surface area contributed by atoms with Crippen molar-refractivity contribution in [2.45, 2.75) is 17.9 Å². The molecule has 1 unspecified atom stereocenters. The molecule has 1 saturated heterocycles. The number of rotatable bonds is 5. The van der Waals surface area contributed by atoms with Gasteiger partial charge in [0.2, 0.25) is 11.8 Å². The minimum absolute atomic E-state index is 0.0810. The highest BCUT2D eigenvalue weighted by Gasteiger charge is 2.36. The van der Waals surface area contributed by atoms with E-state index >= 15 is 0 Å². The molecule has 0 bridgehead atoms. The number of anilines is 2. The predicted octanol–water partition coefficient (Wildman–Crippen LogP) is 4.27. The van der Waals surface area contributed by atoms with Crippen LogP contribution in [0.15, 0.2) is 48.5 Å². The second-order valence-corrected chi connectivity index (χ2v) is 9.18. The van der Waals surface area contributed by atoms with Crippen LogP contribution in [0.4, 0.5) is 11.5 Å². The lowest BCUT2D eigenvalue weighted by Crippen LogP contribution is -2.28. The molecule has 1 fully saturated rings. The molecule has 2 aliphatic rings. The number of nitrogens with zero attached hydrogens (tertiary/aromatic N) is 3. The summed E-state index contributed by atoms with van der Waals surface area (Å²) in [6, 6.07) is 14.7. The minimum atomic E-state index is -0.457. The Kier molecular flexibility index (Phi) is 5.57. The van der Waals surface area contributed by atoms with Crippen LogP contribution in [0.25, 0.3) is 5.69 Å². The van der Waals surface area contributed by atoms with Crippen LogP contribution >= 0.6 is 23.4 Å². The summed E-state index contributed by atoms with van der Waals surface area (Å²) in [4.78, 5) is 27.5. The summed E-state index contributed by atoms with van der Waals surface area (Å²) < 4.78 is 7.00.